The van der Waals surface area contributed by atoms with Crippen molar-refractivity contribution in [3.8, 4) is 0 Å². The summed E-state index contributed by atoms with van der Waals surface area (Å²) in [5.41, 5.74) is 0. The van der Waals surface area contributed by atoms with Gasteiger partial charge in [-0.15, -0.1) is 0 Å². The van der Waals surface area contributed by atoms with Gasteiger partial charge in [0.1, 0.15) is 13.2 Å². The highest BCUT2D eigenvalue weighted by Crippen LogP contribution is 2.19. The molecule has 1 atom stereocenters. The zero-order valence-electron chi connectivity index (χ0n) is 51.8. The second-order valence-corrected chi connectivity index (χ2v) is 23.8. The van der Waals surface area contributed by atoms with E-state index in [-0.39, 0.29) is 31.1 Å². The predicted molar refractivity (Wildman–Crippen MR) is 330 cm³/mol. The molecule has 0 saturated heterocycles. The van der Waals surface area contributed by atoms with Crippen LogP contribution < -0.4 is 0 Å². The van der Waals surface area contributed by atoms with Gasteiger partial charge in [0.25, 0.3) is 0 Å². The summed E-state index contributed by atoms with van der Waals surface area (Å²) in [5.74, 6) is -0.848. The van der Waals surface area contributed by atoms with E-state index < -0.39 is 6.10 Å². The van der Waals surface area contributed by atoms with Gasteiger partial charge in [-0.05, 0) is 38.5 Å². The first kappa shape index (κ1) is 74.2. The average molecular weight is 1070 g/mol. The topological polar surface area (TPSA) is 78.9 Å². The van der Waals surface area contributed by atoms with E-state index in [1.807, 2.05) is 0 Å². The van der Waals surface area contributed by atoms with Gasteiger partial charge >= 0.3 is 17.9 Å². The van der Waals surface area contributed by atoms with E-state index in [0.29, 0.717) is 19.3 Å². The fraction of sp³-hybridized carbons (Fsp3) is 0.929. The van der Waals surface area contributed by atoms with E-state index in [9.17, 15) is 14.4 Å². The minimum absolute atomic E-state index is 0.0663. The van der Waals surface area contributed by atoms with Gasteiger partial charge in [0, 0.05) is 19.3 Å². The molecule has 0 aromatic heterocycles. The normalized spacial score (nSPS) is 12.0. The van der Waals surface area contributed by atoms with Crippen LogP contribution in [-0.4, -0.2) is 37.2 Å². The van der Waals surface area contributed by atoms with Gasteiger partial charge in [0.05, 0.1) is 0 Å². The quantitative estimate of drug-likeness (QED) is 0.0261. The number of ether oxygens (including phenoxy) is 3. The summed E-state index contributed by atoms with van der Waals surface area (Å²) in [6.45, 7) is 6.65. The second kappa shape index (κ2) is 65.7. The van der Waals surface area contributed by atoms with Gasteiger partial charge in [-0.1, -0.05) is 354 Å². The molecule has 0 N–H and O–H groups in total. The molecule has 0 radical (unpaired) electrons. The molecule has 0 heterocycles. The minimum atomic E-state index is -0.768. The zero-order chi connectivity index (χ0) is 55.0. The van der Waals surface area contributed by atoms with Gasteiger partial charge < -0.3 is 14.2 Å². The predicted octanol–water partition coefficient (Wildman–Crippen LogP) is 23.6. The van der Waals surface area contributed by atoms with Crippen molar-refractivity contribution in [3.05, 3.63) is 12.2 Å². The van der Waals surface area contributed by atoms with E-state index in [1.54, 1.807) is 0 Å². The summed E-state index contributed by atoms with van der Waals surface area (Å²) < 4.78 is 16.9. The smallest absolute Gasteiger partial charge is 0.306 e. The van der Waals surface area contributed by atoms with Crippen LogP contribution in [0.5, 0.6) is 0 Å². The van der Waals surface area contributed by atoms with Crippen LogP contribution in [0, 0.1) is 0 Å². The SMILES string of the molecule is CCC/C=C\CCCCCCCC(=O)OCC(COC(=O)CCCCCCCCCCCCCCCCCCCCCCCCCCCCCCCCCC)OC(=O)CCCCCCCCCCCCCCCCCC. The molecule has 0 aromatic carbocycles. The molecule has 0 aliphatic carbocycles. The number of carbonyl (C=O) groups excluding carboxylic acids is 3. The number of allylic oxidation sites excluding steroid dienone is 2. The Bertz CT molecular complexity index is 1180. The van der Waals surface area contributed by atoms with Gasteiger partial charge in [0.15, 0.2) is 6.10 Å². The first-order chi connectivity index (χ1) is 37.5. The maximum absolute atomic E-state index is 12.9. The van der Waals surface area contributed by atoms with Gasteiger partial charge in [-0.3, -0.25) is 14.4 Å². The molecule has 0 rings (SSSR count). The van der Waals surface area contributed by atoms with E-state index in [2.05, 4.69) is 32.9 Å². The molecule has 0 saturated carbocycles. The van der Waals surface area contributed by atoms with Crippen LogP contribution in [0.15, 0.2) is 12.2 Å². The fourth-order valence-electron chi connectivity index (χ4n) is 10.8. The van der Waals surface area contributed by atoms with E-state index >= 15 is 0 Å². The molecule has 0 aromatic rings. The Kier molecular flexibility index (Phi) is 64.1. The lowest BCUT2D eigenvalue weighted by Crippen LogP contribution is -2.30. The van der Waals surface area contributed by atoms with Crippen molar-refractivity contribution < 1.29 is 28.6 Å². The standard InChI is InChI=1S/C70H134O6/c1-4-7-10-13-16-19-22-24-26-28-29-30-31-32-33-34-35-36-37-38-39-40-41-42-43-45-46-48-51-54-57-60-63-69(72)75-66-67(65-74-68(71)62-59-56-53-50-21-18-15-12-9-6-3)76-70(73)64-61-58-55-52-49-47-44-27-25-23-20-17-14-11-8-5-2/h12,15,67H,4-11,13-14,16-66H2,1-3H3/b15-12-. The molecule has 76 heavy (non-hydrogen) atoms. The first-order valence-corrected chi connectivity index (χ1v) is 34.7. The Balaban J connectivity index is 4.01. The Hall–Kier alpha value is -1.85. The molecule has 0 aliphatic rings. The molecule has 1 unspecified atom stereocenters. The zero-order valence-corrected chi connectivity index (χ0v) is 51.8. The van der Waals surface area contributed by atoms with Gasteiger partial charge in [-0.2, -0.15) is 0 Å². The van der Waals surface area contributed by atoms with Gasteiger partial charge in [0.2, 0.25) is 0 Å². The fourth-order valence-corrected chi connectivity index (χ4v) is 10.8. The number of rotatable bonds is 65. The maximum atomic E-state index is 12.9. The Morgan fingerprint density at radius 2 is 0.461 bits per heavy atom. The lowest BCUT2D eigenvalue weighted by molar-refractivity contribution is -0.167. The van der Waals surface area contributed by atoms with Crippen LogP contribution in [0.25, 0.3) is 0 Å². The largest absolute Gasteiger partial charge is 0.462 e. The number of hydrogen-bond acceptors (Lipinski definition) is 6. The molecule has 0 aliphatic heterocycles. The van der Waals surface area contributed by atoms with Gasteiger partial charge in [-0.25, -0.2) is 0 Å². The molecule has 0 amide bonds. The third-order valence-corrected chi connectivity index (χ3v) is 16.0. The lowest BCUT2D eigenvalue weighted by Gasteiger charge is -2.18. The average Bonchev–Trinajstić information content (AvgIpc) is 3.42. The Labute approximate surface area is 475 Å². The van der Waals surface area contributed by atoms with Crippen molar-refractivity contribution in [1.29, 1.82) is 0 Å². The summed E-state index contributed by atoms with van der Waals surface area (Å²) in [6.07, 6.45) is 78.4. The Morgan fingerprint density at radius 1 is 0.250 bits per heavy atom. The molecule has 450 valence electrons. The number of carbonyl (C=O) groups is 3. The highest BCUT2D eigenvalue weighted by Gasteiger charge is 2.19. The third kappa shape index (κ3) is 63.0. The summed E-state index contributed by atoms with van der Waals surface area (Å²) in [4.78, 5) is 38.2. The van der Waals surface area contributed by atoms with Crippen LogP contribution in [0.2, 0.25) is 0 Å². The maximum Gasteiger partial charge on any atom is 0.306 e. The van der Waals surface area contributed by atoms with Crippen molar-refractivity contribution in [1.82, 2.24) is 0 Å². The highest BCUT2D eigenvalue weighted by molar-refractivity contribution is 5.71. The highest BCUT2D eigenvalue weighted by atomic mass is 16.6. The van der Waals surface area contributed by atoms with Crippen LogP contribution >= 0.6 is 0 Å². The Morgan fingerprint density at radius 3 is 0.711 bits per heavy atom. The van der Waals surface area contributed by atoms with Crippen molar-refractivity contribution >= 4 is 17.9 Å². The van der Waals surface area contributed by atoms with Crippen LogP contribution in [-0.2, 0) is 28.6 Å². The van der Waals surface area contributed by atoms with Crippen LogP contribution in [0.4, 0.5) is 0 Å². The number of hydrogen-bond donors (Lipinski definition) is 0. The van der Waals surface area contributed by atoms with E-state index in [0.717, 1.165) is 70.6 Å². The number of esters is 3. The van der Waals surface area contributed by atoms with E-state index in [1.165, 1.54) is 289 Å². The molecular weight excluding hydrogens is 937 g/mol. The summed E-state index contributed by atoms with van der Waals surface area (Å²) >= 11 is 0. The monoisotopic (exact) mass is 1070 g/mol. The lowest BCUT2D eigenvalue weighted by atomic mass is 10.0. The van der Waals surface area contributed by atoms with Crippen molar-refractivity contribution in [2.24, 2.45) is 0 Å². The molecule has 0 fully saturated rings. The molecular formula is C70H134O6. The van der Waals surface area contributed by atoms with Crippen LogP contribution in [0.3, 0.4) is 0 Å². The van der Waals surface area contributed by atoms with Crippen molar-refractivity contribution in [2.75, 3.05) is 13.2 Å². The molecule has 6 nitrogen and oxygen atoms in total. The number of unbranched alkanes of at least 4 members (excludes halogenated alkanes) is 52. The van der Waals surface area contributed by atoms with Crippen molar-refractivity contribution in [2.45, 2.75) is 406 Å². The summed E-state index contributed by atoms with van der Waals surface area (Å²) in [5, 5.41) is 0. The second-order valence-electron chi connectivity index (χ2n) is 23.8. The third-order valence-electron chi connectivity index (χ3n) is 16.0. The van der Waals surface area contributed by atoms with Crippen LogP contribution in [0.1, 0.15) is 400 Å². The minimum Gasteiger partial charge on any atom is -0.462 e. The first-order valence-electron chi connectivity index (χ1n) is 34.7. The molecule has 0 spiro atoms. The summed E-state index contributed by atoms with van der Waals surface area (Å²) in [7, 11) is 0. The summed E-state index contributed by atoms with van der Waals surface area (Å²) in [6, 6.07) is 0. The van der Waals surface area contributed by atoms with Crippen molar-refractivity contribution in [3.63, 3.8) is 0 Å². The molecule has 6 heteroatoms. The molecule has 0 bridgehead atoms. The van der Waals surface area contributed by atoms with E-state index in [4.69, 9.17) is 14.2 Å².